The molecule has 0 radical (unpaired) electrons. The molecule has 0 aliphatic carbocycles. The number of nitrogens with one attached hydrogen (secondary N) is 2. The van der Waals surface area contributed by atoms with E-state index in [1.807, 2.05) is 17.5 Å². The van der Waals surface area contributed by atoms with Crippen molar-refractivity contribution in [3.63, 3.8) is 0 Å². The third-order valence-electron chi connectivity index (χ3n) is 3.56. The monoisotopic (exact) mass is 387 g/mol. The van der Waals surface area contributed by atoms with Gasteiger partial charge in [-0.25, -0.2) is 18.1 Å². The lowest BCUT2D eigenvalue weighted by atomic mass is 10.2. The Hall–Kier alpha value is -2.55. The van der Waals surface area contributed by atoms with Crippen molar-refractivity contribution in [2.45, 2.75) is 11.8 Å². The number of carbonyl (C=O) groups excluding carboxylic acids is 1. The zero-order chi connectivity index (χ0) is 18.6. The van der Waals surface area contributed by atoms with E-state index in [1.54, 1.807) is 37.4 Å². The van der Waals surface area contributed by atoms with Crippen LogP contribution in [0.1, 0.15) is 17.3 Å². The minimum Gasteiger partial charge on any atom is -0.322 e. The second-order valence-electron chi connectivity index (χ2n) is 5.40. The van der Waals surface area contributed by atoms with Crippen molar-refractivity contribution in [3.8, 4) is 10.6 Å². The van der Waals surface area contributed by atoms with Crippen molar-refractivity contribution < 1.29 is 13.2 Å². The third-order valence-corrected chi connectivity index (χ3v) is 5.93. The van der Waals surface area contributed by atoms with Gasteiger partial charge in [-0.1, -0.05) is 13.0 Å². The highest BCUT2D eigenvalue weighted by Gasteiger charge is 2.15. The molecule has 0 saturated carbocycles. The van der Waals surface area contributed by atoms with Crippen LogP contribution >= 0.6 is 11.3 Å². The number of hydrogen-bond donors (Lipinski definition) is 2. The van der Waals surface area contributed by atoms with Gasteiger partial charge in [0.25, 0.3) is 5.91 Å². The van der Waals surface area contributed by atoms with Crippen LogP contribution < -0.4 is 10.0 Å². The maximum Gasteiger partial charge on any atom is 0.255 e. The van der Waals surface area contributed by atoms with Crippen LogP contribution in [0, 0.1) is 0 Å². The summed E-state index contributed by atoms with van der Waals surface area (Å²) >= 11 is 1.54. The first-order valence-corrected chi connectivity index (χ1v) is 10.3. The molecule has 0 fully saturated rings. The van der Waals surface area contributed by atoms with E-state index >= 15 is 0 Å². The van der Waals surface area contributed by atoms with Crippen molar-refractivity contribution in [3.05, 3.63) is 65.7 Å². The molecule has 0 spiro atoms. The molecule has 0 atom stereocenters. The predicted molar refractivity (Wildman–Crippen MR) is 103 cm³/mol. The molecule has 0 unspecified atom stereocenters. The molecule has 1 heterocycles. The average Bonchev–Trinajstić information content (AvgIpc) is 3.17. The Kier molecular flexibility index (Phi) is 5.46. The standard InChI is InChI=1S/C18H17N3O3S2/c1-2-20-26(23,24)16-5-3-4-14(12-16)17(22)21-15-8-6-13(7-9-15)18-19-10-11-25-18/h3-12,20H,2H2,1H3,(H,21,22). The zero-order valence-corrected chi connectivity index (χ0v) is 15.6. The summed E-state index contributed by atoms with van der Waals surface area (Å²) in [6.45, 7) is 1.98. The van der Waals surface area contributed by atoms with Gasteiger partial charge in [-0.05, 0) is 42.5 Å². The fourth-order valence-electron chi connectivity index (χ4n) is 2.34. The minimum absolute atomic E-state index is 0.0612. The SMILES string of the molecule is CCNS(=O)(=O)c1cccc(C(=O)Nc2ccc(-c3nccs3)cc2)c1. The Morgan fingerprint density at radius 3 is 2.58 bits per heavy atom. The highest BCUT2D eigenvalue weighted by Crippen LogP contribution is 2.23. The van der Waals surface area contributed by atoms with Crippen LogP contribution in [-0.2, 0) is 10.0 Å². The normalized spacial score (nSPS) is 11.3. The van der Waals surface area contributed by atoms with Gasteiger partial charge in [0.2, 0.25) is 10.0 Å². The fraction of sp³-hybridized carbons (Fsp3) is 0.111. The van der Waals surface area contributed by atoms with Crippen molar-refractivity contribution in [2.24, 2.45) is 0 Å². The summed E-state index contributed by atoms with van der Waals surface area (Å²) in [6, 6.07) is 13.3. The second-order valence-corrected chi connectivity index (χ2v) is 8.06. The Morgan fingerprint density at radius 2 is 1.92 bits per heavy atom. The minimum atomic E-state index is -3.61. The summed E-state index contributed by atoms with van der Waals surface area (Å²) < 4.78 is 26.5. The molecule has 0 bridgehead atoms. The number of benzene rings is 2. The van der Waals surface area contributed by atoms with Crippen LogP contribution in [0.4, 0.5) is 5.69 Å². The Balaban J connectivity index is 1.76. The van der Waals surface area contributed by atoms with Gasteiger partial charge in [0.15, 0.2) is 0 Å². The molecule has 1 aromatic heterocycles. The van der Waals surface area contributed by atoms with Gasteiger partial charge in [-0.15, -0.1) is 11.3 Å². The number of thiazole rings is 1. The zero-order valence-electron chi connectivity index (χ0n) is 14.0. The van der Waals surface area contributed by atoms with Crippen LogP contribution in [0.15, 0.2) is 65.0 Å². The summed E-state index contributed by atoms with van der Waals surface area (Å²) in [5.41, 5.74) is 1.86. The molecule has 2 N–H and O–H groups in total. The molecule has 2 aromatic carbocycles. The largest absolute Gasteiger partial charge is 0.322 e. The van der Waals surface area contributed by atoms with Gasteiger partial charge in [0.1, 0.15) is 5.01 Å². The number of anilines is 1. The molecule has 134 valence electrons. The maximum absolute atomic E-state index is 12.4. The lowest BCUT2D eigenvalue weighted by Crippen LogP contribution is -2.23. The summed E-state index contributed by atoms with van der Waals surface area (Å²) in [6.07, 6.45) is 1.74. The van der Waals surface area contributed by atoms with Crippen LogP contribution in [0.3, 0.4) is 0 Å². The number of sulfonamides is 1. The second kappa shape index (κ2) is 7.77. The lowest BCUT2D eigenvalue weighted by molar-refractivity contribution is 0.102. The quantitative estimate of drug-likeness (QED) is 0.679. The van der Waals surface area contributed by atoms with E-state index in [-0.39, 0.29) is 22.9 Å². The summed E-state index contributed by atoms with van der Waals surface area (Å²) in [4.78, 5) is 16.7. The molecule has 0 saturated heterocycles. The van der Waals surface area contributed by atoms with E-state index in [0.29, 0.717) is 5.69 Å². The number of hydrogen-bond acceptors (Lipinski definition) is 5. The molecule has 0 aliphatic rings. The molecular weight excluding hydrogens is 370 g/mol. The van der Waals surface area contributed by atoms with E-state index < -0.39 is 10.0 Å². The molecule has 0 aliphatic heterocycles. The number of amides is 1. The first-order valence-electron chi connectivity index (χ1n) is 7.90. The number of rotatable bonds is 6. The van der Waals surface area contributed by atoms with E-state index in [9.17, 15) is 13.2 Å². The van der Waals surface area contributed by atoms with Crippen LogP contribution in [0.5, 0.6) is 0 Å². The third kappa shape index (κ3) is 4.16. The highest BCUT2D eigenvalue weighted by atomic mass is 32.2. The summed E-state index contributed by atoms with van der Waals surface area (Å²) in [5, 5.41) is 5.58. The molecule has 3 aromatic rings. The van der Waals surface area contributed by atoms with Gasteiger partial charge < -0.3 is 5.32 Å². The molecular formula is C18H17N3O3S2. The van der Waals surface area contributed by atoms with Gasteiger partial charge in [0, 0.05) is 34.9 Å². The van der Waals surface area contributed by atoms with Gasteiger partial charge in [-0.2, -0.15) is 0 Å². The van der Waals surface area contributed by atoms with Gasteiger partial charge in [-0.3, -0.25) is 4.79 Å². The van der Waals surface area contributed by atoms with Crippen molar-refractivity contribution >= 4 is 33.0 Å². The smallest absolute Gasteiger partial charge is 0.255 e. The lowest BCUT2D eigenvalue weighted by Gasteiger charge is -2.08. The molecule has 3 rings (SSSR count). The Morgan fingerprint density at radius 1 is 1.15 bits per heavy atom. The van der Waals surface area contributed by atoms with E-state index in [0.717, 1.165) is 10.6 Å². The van der Waals surface area contributed by atoms with E-state index in [4.69, 9.17) is 0 Å². The molecule has 6 nitrogen and oxygen atoms in total. The van der Waals surface area contributed by atoms with Crippen molar-refractivity contribution in [2.75, 3.05) is 11.9 Å². The topological polar surface area (TPSA) is 88.2 Å². The maximum atomic E-state index is 12.4. The van der Waals surface area contributed by atoms with Crippen LogP contribution in [0.25, 0.3) is 10.6 Å². The fourth-order valence-corrected chi connectivity index (χ4v) is 4.07. The predicted octanol–water partition coefficient (Wildman–Crippen LogP) is 3.36. The first-order chi connectivity index (χ1) is 12.5. The van der Waals surface area contributed by atoms with E-state index in [2.05, 4.69) is 15.0 Å². The number of nitrogens with zero attached hydrogens (tertiary/aromatic N) is 1. The summed E-state index contributed by atoms with van der Waals surface area (Å²) in [7, 11) is -3.61. The first kappa shape index (κ1) is 18.2. The Bertz CT molecular complexity index is 998. The molecule has 26 heavy (non-hydrogen) atoms. The van der Waals surface area contributed by atoms with Gasteiger partial charge >= 0.3 is 0 Å². The van der Waals surface area contributed by atoms with Crippen molar-refractivity contribution in [1.29, 1.82) is 0 Å². The molecule has 8 heteroatoms. The summed E-state index contributed by atoms with van der Waals surface area (Å²) in [5.74, 6) is -0.374. The average molecular weight is 387 g/mol. The van der Waals surface area contributed by atoms with Crippen LogP contribution in [0.2, 0.25) is 0 Å². The van der Waals surface area contributed by atoms with E-state index in [1.165, 1.54) is 23.5 Å². The van der Waals surface area contributed by atoms with Gasteiger partial charge in [0.05, 0.1) is 4.90 Å². The molecule has 1 amide bonds. The highest BCUT2D eigenvalue weighted by molar-refractivity contribution is 7.89. The Labute approximate surface area is 156 Å². The van der Waals surface area contributed by atoms with Crippen LogP contribution in [-0.4, -0.2) is 25.9 Å². The number of carbonyl (C=O) groups is 1. The van der Waals surface area contributed by atoms with Crippen molar-refractivity contribution in [1.82, 2.24) is 9.71 Å². The number of aromatic nitrogens is 1.